The molecule has 0 bridgehead atoms. The van der Waals surface area contributed by atoms with E-state index in [0.717, 1.165) is 32.0 Å². The number of nitrogens with zero attached hydrogens (tertiary/aromatic N) is 1. The van der Waals surface area contributed by atoms with Crippen molar-refractivity contribution in [3.8, 4) is 0 Å². The van der Waals surface area contributed by atoms with E-state index in [1.165, 1.54) is 12.8 Å². The first-order valence-electron chi connectivity index (χ1n) is 6.68. The lowest BCUT2D eigenvalue weighted by Gasteiger charge is -2.32. The van der Waals surface area contributed by atoms with Crippen LogP contribution in [0.5, 0.6) is 0 Å². The van der Waals surface area contributed by atoms with Crippen molar-refractivity contribution in [2.45, 2.75) is 58.5 Å². The first-order chi connectivity index (χ1) is 7.95. The SMILES string of the molecule is CC(C)(C)C(=O)ON1CCC(NC2CC2)CC1. The summed E-state index contributed by atoms with van der Waals surface area (Å²) in [6.07, 6.45) is 4.82. The molecule has 0 unspecified atom stereocenters. The molecule has 98 valence electrons. The summed E-state index contributed by atoms with van der Waals surface area (Å²) < 4.78 is 0. The first-order valence-corrected chi connectivity index (χ1v) is 6.68. The highest BCUT2D eigenvalue weighted by atomic mass is 16.7. The largest absolute Gasteiger partial charge is 0.367 e. The molecule has 17 heavy (non-hydrogen) atoms. The van der Waals surface area contributed by atoms with Crippen molar-refractivity contribution in [3.63, 3.8) is 0 Å². The number of hydrogen-bond acceptors (Lipinski definition) is 4. The van der Waals surface area contributed by atoms with Gasteiger partial charge in [-0.25, -0.2) is 4.79 Å². The van der Waals surface area contributed by atoms with Gasteiger partial charge < -0.3 is 10.2 Å². The summed E-state index contributed by atoms with van der Waals surface area (Å²) in [5.74, 6) is -0.133. The minimum Gasteiger partial charge on any atom is -0.367 e. The number of carbonyl (C=O) groups excluding carboxylic acids is 1. The van der Waals surface area contributed by atoms with E-state index in [1.807, 2.05) is 25.8 Å². The van der Waals surface area contributed by atoms with Crippen molar-refractivity contribution in [2.24, 2.45) is 5.41 Å². The lowest BCUT2D eigenvalue weighted by atomic mass is 9.98. The molecule has 1 aliphatic heterocycles. The van der Waals surface area contributed by atoms with Crippen LogP contribution in [0, 0.1) is 5.41 Å². The maximum atomic E-state index is 11.7. The van der Waals surface area contributed by atoms with Crippen molar-refractivity contribution < 1.29 is 9.63 Å². The molecule has 1 N–H and O–H groups in total. The molecule has 1 aliphatic carbocycles. The normalized spacial score (nSPS) is 23.7. The maximum Gasteiger partial charge on any atom is 0.330 e. The van der Waals surface area contributed by atoms with Crippen LogP contribution in [0.1, 0.15) is 46.5 Å². The predicted octanol–water partition coefficient (Wildman–Crippen LogP) is 1.71. The number of piperidine rings is 1. The quantitative estimate of drug-likeness (QED) is 0.815. The highest BCUT2D eigenvalue weighted by Gasteiger charge is 2.30. The zero-order valence-corrected chi connectivity index (χ0v) is 11.2. The smallest absolute Gasteiger partial charge is 0.330 e. The zero-order chi connectivity index (χ0) is 12.5. The van der Waals surface area contributed by atoms with Crippen LogP contribution in [0.25, 0.3) is 0 Å². The molecule has 0 amide bonds. The number of carbonyl (C=O) groups is 1. The lowest BCUT2D eigenvalue weighted by molar-refractivity contribution is -0.205. The van der Waals surface area contributed by atoms with Gasteiger partial charge in [-0.3, -0.25) is 0 Å². The Hall–Kier alpha value is -0.610. The summed E-state index contributed by atoms with van der Waals surface area (Å²) >= 11 is 0. The standard InChI is InChI=1S/C13H24N2O2/c1-13(2,3)12(16)17-15-8-6-11(7-9-15)14-10-4-5-10/h10-11,14H,4-9H2,1-3H3. The maximum absolute atomic E-state index is 11.7. The molecule has 0 aromatic heterocycles. The monoisotopic (exact) mass is 240 g/mol. The van der Waals surface area contributed by atoms with Crippen LogP contribution in [-0.2, 0) is 9.63 Å². The Kier molecular flexibility index (Phi) is 3.73. The van der Waals surface area contributed by atoms with Gasteiger partial charge in [-0.2, -0.15) is 0 Å². The number of nitrogens with one attached hydrogen (secondary N) is 1. The third-order valence-corrected chi connectivity index (χ3v) is 3.33. The Balaban J connectivity index is 1.69. The van der Waals surface area contributed by atoms with Gasteiger partial charge in [0, 0.05) is 25.2 Å². The van der Waals surface area contributed by atoms with Crippen LogP contribution >= 0.6 is 0 Å². The van der Waals surface area contributed by atoms with Crippen LogP contribution in [0.4, 0.5) is 0 Å². The Morgan fingerprint density at radius 1 is 1.12 bits per heavy atom. The minimum atomic E-state index is -0.414. The van der Waals surface area contributed by atoms with Crippen molar-refractivity contribution in [3.05, 3.63) is 0 Å². The molecule has 0 spiro atoms. The van der Waals surface area contributed by atoms with Crippen molar-refractivity contribution in [1.82, 2.24) is 10.4 Å². The molecule has 2 fully saturated rings. The highest BCUT2D eigenvalue weighted by Crippen LogP contribution is 2.23. The van der Waals surface area contributed by atoms with Gasteiger partial charge >= 0.3 is 5.97 Å². The van der Waals surface area contributed by atoms with Crippen LogP contribution in [0.2, 0.25) is 0 Å². The third-order valence-electron chi connectivity index (χ3n) is 3.33. The molecular formula is C13H24N2O2. The summed E-state index contributed by atoms with van der Waals surface area (Å²) in [6, 6.07) is 1.38. The van der Waals surface area contributed by atoms with E-state index in [9.17, 15) is 4.79 Å². The second kappa shape index (κ2) is 4.94. The van der Waals surface area contributed by atoms with Gasteiger partial charge in [0.15, 0.2) is 0 Å². The molecule has 0 atom stereocenters. The Labute approximate surface area is 104 Å². The minimum absolute atomic E-state index is 0.133. The van der Waals surface area contributed by atoms with Crippen molar-refractivity contribution in [2.75, 3.05) is 13.1 Å². The Morgan fingerprint density at radius 2 is 1.65 bits per heavy atom. The van der Waals surface area contributed by atoms with E-state index in [1.54, 1.807) is 0 Å². The van der Waals surface area contributed by atoms with Crippen LogP contribution in [0.3, 0.4) is 0 Å². The van der Waals surface area contributed by atoms with E-state index in [2.05, 4.69) is 5.32 Å². The zero-order valence-electron chi connectivity index (χ0n) is 11.2. The average molecular weight is 240 g/mol. The van der Waals surface area contributed by atoms with Gasteiger partial charge in [0.1, 0.15) is 0 Å². The van der Waals surface area contributed by atoms with E-state index in [4.69, 9.17) is 4.84 Å². The summed E-state index contributed by atoms with van der Waals surface area (Å²) in [5, 5.41) is 5.45. The fourth-order valence-electron chi connectivity index (χ4n) is 1.95. The number of hydrogen-bond donors (Lipinski definition) is 1. The van der Waals surface area contributed by atoms with Gasteiger partial charge in [0.25, 0.3) is 0 Å². The van der Waals surface area contributed by atoms with Crippen LogP contribution in [0.15, 0.2) is 0 Å². The second-order valence-corrected chi connectivity index (χ2v) is 6.27. The summed E-state index contributed by atoms with van der Waals surface area (Å²) in [5.41, 5.74) is -0.414. The molecule has 1 saturated heterocycles. The molecule has 0 aromatic rings. The molecule has 1 heterocycles. The molecule has 0 radical (unpaired) electrons. The van der Waals surface area contributed by atoms with Gasteiger partial charge in [0.2, 0.25) is 0 Å². The second-order valence-electron chi connectivity index (χ2n) is 6.27. The number of rotatable bonds is 3. The highest BCUT2D eigenvalue weighted by molar-refractivity contribution is 5.75. The lowest BCUT2D eigenvalue weighted by Crippen LogP contribution is -2.45. The Morgan fingerprint density at radius 3 is 2.12 bits per heavy atom. The molecule has 1 saturated carbocycles. The molecule has 0 aromatic carbocycles. The third kappa shape index (κ3) is 3.96. The fraction of sp³-hybridized carbons (Fsp3) is 0.923. The van der Waals surface area contributed by atoms with E-state index < -0.39 is 5.41 Å². The molecule has 2 rings (SSSR count). The number of hydroxylamine groups is 2. The van der Waals surface area contributed by atoms with Crippen molar-refractivity contribution in [1.29, 1.82) is 0 Å². The first kappa shape index (κ1) is 12.8. The van der Waals surface area contributed by atoms with E-state index in [-0.39, 0.29) is 5.97 Å². The average Bonchev–Trinajstić information content (AvgIpc) is 3.03. The molecule has 4 nitrogen and oxygen atoms in total. The summed E-state index contributed by atoms with van der Waals surface area (Å²) in [7, 11) is 0. The van der Waals surface area contributed by atoms with Gasteiger partial charge in [-0.1, -0.05) is 0 Å². The molecule has 2 aliphatic rings. The van der Waals surface area contributed by atoms with Gasteiger partial charge in [-0.15, -0.1) is 5.06 Å². The molecular weight excluding hydrogens is 216 g/mol. The summed E-state index contributed by atoms with van der Waals surface area (Å²) in [4.78, 5) is 17.1. The fourth-order valence-corrected chi connectivity index (χ4v) is 1.95. The van der Waals surface area contributed by atoms with E-state index in [0.29, 0.717) is 6.04 Å². The molecule has 4 heteroatoms. The van der Waals surface area contributed by atoms with Crippen LogP contribution in [-0.4, -0.2) is 36.2 Å². The topological polar surface area (TPSA) is 41.6 Å². The van der Waals surface area contributed by atoms with Gasteiger partial charge in [-0.05, 0) is 46.5 Å². The summed E-state index contributed by atoms with van der Waals surface area (Å²) in [6.45, 7) is 7.36. The van der Waals surface area contributed by atoms with Crippen molar-refractivity contribution >= 4 is 5.97 Å². The van der Waals surface area contributed by atoms with Gasteiger partial charge in [0.05, 0.1) is 5.41 Å². The van der Waals surface area contributed by atoms with Crippen LogP contribution < -0.4 is 5.32 Å². The van der Waals surface area contributed by atoms with E-state index >= 15 is 0 Å². The Bertz CT molecular complexity index is 274. The predicted molar refractivity (Wildman–Crippen MR) is 66.3 cm³/mol.